The van der Waals surface area contributed by atoms with Crippen molar-refractivity contribution in [2.45, 2.75) is 30.9 Å². The lowest BCUT2D eigenvalue weighted by Gasteiger charge is -2.10. The number of nitrogens with one attached hydrogen (secondary N) is 1. The number of rotatable bonds is 6. The Hall–Kier alpha value is -1.46. The van der Waals surface area contributed by atoms with Crippen LogP contribution in [-0.2, 0) is 12.2 Å². The molecule has 0 saturated carbocycles. The second kappa shape index (κ2) is 7.52. The van der Waals surface area contributed by atoms with E-state index < -0.39 is 0 Å². The van der Waals surface area contributed by atoms with E-state index in [-0.39, 0.29) is 5.82 Å². The van der Waals surface area contributed by atoms with Gasteiger partial charge in [-0.15, -0.1) is 11.8 Å². The van der Waals surface area contributed by atoms with Gasteiger partial charge in [0.15, 0.2) is 0 Å². The van der Waals surface area contributed by atoms with Gasteiger partial charge in [0.2, 0.25) is 0 Å². The smallest absolute Gasteiger partial charge is 0.139 e. The number of halogens is 1. The van der Waals surface area contributed by atoms with Gasteiger partial charge in [-0.3, -0.25) is 0 Å². The van der Waals surface area contributed by atoms with E-state index >= 15 is 0 Å². The van der Waals surface area contributed by atoms with Crippen LogP contribution in [0.1, 0.15) is 22.8 Å². The van der Waals surface area contributed by atoms with Gasteiger partial charge < -0.3 is 5.32 Å². The Morgan fingerprint density at radius 3 is 2.43 bits per heavy atom. The molecule has 0 saturated heterocycles. The van der Waals surface area contributed by atoms with E-state index in [0.717, 1.165) is 30.2 Å². The maximum atomic E-state index is 13.6. The van der Waals surface area contributed by atoms with Crippen molar-refractivity contribution < 1.29 is 4.39 Å². The highest BCUT2D eigenvalue weighted by Crippen LogP contribution is 2.24. The number of benzene rings is 1. The Morgan fingerprint density at radius 1 is 1.14 bits per heavy atom. The van der Waals surface area contributed by atoms with E-state index in [9.17, 15) is 4.39 Å². The normalized spacial score (nSPS) is 10.9. The molecule has 0 aliphatic carbocycles. The van der Waals surface area contributed by atoms with Gasteiger partial charge in [0.25, 0.3) is 0 Å². The van der Waals surface area contributed by atoms with E-state index in [1.54, 1.807) is 12.1 Å². The first-order valence-electron chi connectivity index (χ1n) is 6.96. The van der Waals surface area contributed by atoms with Crippen LogP contribution in [0.25, 0.3) is 0 Å². The summed E-state index contributed by atoms with van der Waals surface area (Å²) in [7, 11) is 1.94. The van der Waals surface area contributed by atoms with Gasteiger partial charge in [-0.25, -0.2) is 14.4 Å². The number of likely N-dealkylation sites (N-methyl/N-ethyl adjacent to an activating group) is 1. The van der Waals surface area contributed by atoms with Crippen LogP contribution in [0.4, 0.5) is 4.39 Å². The SMILES string of the molecule is CNCCc1c(C)nc(CSc2ccccc2F)nc1C. The van der Waals surface area contributed by atoms with Crippen molar-refractivity contribution in [1.82, 2.24) is 15.3 Å². The fourth-order valence-electron chi connectivity index (χ4n) is 2.19. The molecule has 1 heterocycles. The molecule has 21 heavy (non-hydrogen) atoms. The second-order valence-electron chi connectivity index (χ2n) is 4.86. The molecule has 1 N–H and O–H groups in total. The van der Waals surface area contributed by atoms with Crippen LogP contribution in [0, 0.1) is 19.7 Å². The lowest BCUT2D eigenvalue weighted by Crippen LogP contribution is -2.14. The fourth-order valence-corrected chi connectivity index (χ4v) is 2.98. The van der Waals surface area contributed by atoms with E-state index in [1.807, 2.05) is 27.0 Å². The Bertz CT molecular complexity index is 593. The quantitative estimate of drug-likeness (QED) is 0.831. The standard InChI is InChI=1S/C16H20FN3S/c1-11-13(8-9-18-3)12(2)20-16(19-11)10-21-15-7-5-4-6-14(15)17/h4-7,18H,8-10H2,1-3H3. The molecule has 0 atom stereocenters. The van der Waals surface area contributed by atoms with Crippen LogP contribution < -0.4 is 5.32 Å². The number of hydrogen-bond acceptors (Lipinski definition) is 4. The zero-order valence-corrected chi connectivity index (χ0v) is 13.4. The molecule has 0 unspecified atom stereocenters. The molecule has 112 valence electrons. The summed E-state index contributed by atoms with van der Waals surface area (Å²) in [6.45, 7) is 4.93. The molecule has 5 heteroatoms. The molecule has 1 aromatic carbocycles. The average Bonchev–Trinajstić information content (AvgIpc) is 2.46. The van der Waals surface area contributed by atoms with Gasteiger partial charge in [-0.1, -0.05) is 12.1 Å². The van der Waals surface area contributed by atoms with E-state index in [0.29, 0.717) is 10.6 Å². The summed E-state index contributed by atoms with van der Waals surface area (Å²) < 4.78 is 13.6. The van der Waals surface area contributed by atoms with E-state index in [4.69, 9.17) is 0 Å². The molecular formula is C16H20FN3S. The van der Waals surface area contributed by atoms with Crippen molar-refractivity contribution in [2.75, 3.05) is 13.6 Å². The lowest BCUT2D eigenvalue weighted by molar-refractivity contribution is 0.602. The first-order chi connectivity index (χ1) is 10.1. The topological polar surface area (TPSA) is 37.8 Å². The minimum atomic E-state index is -0.193. The first-order valence-corrected chi connectivity index (χ1v) is 7.95. The molecular weight excluding hydrogens is 285 g/mol. The summed E-state index contributed by atoms with van der Waals surface area (Å²) in [6, 6.07) is 6.78. The molecule has 3 nitrogen and oxygen atoms in total. The number of aryl methyl sites for hydroxylation is 2. The van der Waals surface area contributed by atoms with Crippen molar-refractivity contribution >= 4 is 11.8 Å². The van der Waals surface area contributed by atoms with Gasteiger partial charge in [-0.2, -0.15) is 0 Å². The number of aromatic nitrogens is 2. The molecule has 0 bridgehead atoms. The summed E-state index contributed by atoms with van der Waals surface area (Å²) in [5.74, 6) is 1.14. The number of nitrogens with zero attached hydrogens (tertiary/aromatic N) is 2. The molecule has 0 aliphatic heterocycles. The summed E-state index contributed by atoms with van der Waals surface area (Å²) in [4.78, 5) is 9.73. The average molecular weight is 305 g/mol. The summed E-state index contributed by atoms with van der Waals surface area (Å²) in [5.41, 5.74) is 3.23. The van der Waals surface area contributed by atoms with Crippen molar-refractivity contribution in [3.8, 4) is 0 Å². The minimum absolute atomic E-state index is 0.193. The Labute approximate surface area is 129 Å². The maximum Gasteiger partial charge on any atom is 0.139 e. The van der Waals surface area contributed by atoms with E-state index in [2.05, 4.69) is 15.3 Å². The van der Waals surface area contributed by atoms with Crippen molar-refractivity contribution in [1.29, 1.82) is 0 Å². The number of hydrogen-bond donors (Lipinski definition) is 1. The van der Waals surface area contributed by atoms with Crippen molar-refractivity contribution in [2.24, 2.45) is 0 Å². The molecule has 2 rings (SSSR count). The monoisotopic (exact) mass is 305 g/mol. The highest BCUT2D eigenvalue weighted by molar-refractivity contribution is 7.98. The van der Waals surface area contributed by atoms with Gasteiger partial charge in [0.1, 0.15) is 11.6 Å². The third-order valence-electron chi connectivity index (χ3n) is 3.29. The Balaban J connectivity index is 2.09. The zero-order chi connectivity index (χ0) is 15.2. The molecule has 0 spiro atoms. The molecule has 2 aromatic rings. The summed E-state index contributed by atoms with van der Waals surface area (Å²) >= 11 is 1.43. The second-order valence-corrected chi connectivity index (χ2v) is 5.88. The molecule has 0 aliphatic rings. The largest absolute Gasteiger partial charge is 0.319 e. The lowest BCUT2D eigenvalue weighted by atomic mass is 10.1. The fraction of sp³-hybridized carbons (Fsp3) is 0.375. The predicted molar refractivity (Wildman–Crippen MR) is 85.1 cm³/mol. The van der Waals surface area contributed by atoms with Crippen LogP contribution >= 0.6 is 11.8 Å². The first kappa shape index (κ1) is 15.9. The van der Waals surface area contributed by atoms with Crippen molar-refractivity contribution in [3.05, 3.63) is 52.9 Å². The predicted octanol–water partition coefficient (Wildman–Crippen LogP) is 3.29. The third-order valence-corrected chi connectivity index (χ3v) is 4.33. The molecule has 0 amide bonds. The zero-order valence-electron chi connectivity index (χ0n) is 12.6. The summed E-state index contributed by atoms with van der Waals surface area (Å²) in [5, 5.41) is 3.14. The summed E-state index contributed by atoms with van der Waals surface area (Å²) in [6.07, 6.45) is 0.925. The Morgan fingerprint density at radius 2 is 1.81 bits per heavy atom. The molecule has 0 radical (unpaired) electrons. The highest BCUT2D eigenvalue weighted by Gasteiger charge is 2.09. The van der Waals surface area contributed by atoms with Crippen LogP contribution in [-0.4, -0.2) is 23.6 Å². The van der Waals surface area contributed by atoms with Crippen LogP contribution in [0.3, 0.4) is 0 Å². The van der Waals surface area contributed by atoms with Crippen molar-refractivity contribution in [3.63, 3.8) is 0 Å². The third kappa shape index (κ3) is 4.25. The highest BCUT2D eigenvalue weighted by atomic mass is 32.2. The molecule has 1 aromatic heterocycles. The number of thioether (sulfide) groups is 1. The maximum absolute atomic E-state index is 13.6. The van der Waals surface area contributed by atoms with Crippen LogP contribution in [0.15, 0.2) is 29.2 Å². The Kier molecular flexibility index (Phi) is 5.70. The van der Waals surface area contributed by atoms with Crippen LogP contribution in [0.2, 0.25) is 0 Å². The van der Waals surface area contributed by atoms with Gasteiger partial charge >= 0.3 is 0 Å². The van der Waals surface area contributed by atoms with Gasteiger partial charge in [0, 0.05) is 16.3 Å². The molecule has 0 fully saturated rings. The van der Waals surface area contributed by atoms with E-state index in [1.165, 1.54) is 23.4 Å². The van der Waals surface area contributed by atoms with Crippen LogP contribution in [0.5, 0.6) is 0 Å². The van der Waals surface area contributed by atoms with Gasteiger partial charge in [-0.05, 0) is 51.6 Å². The minimum Gasteiger partial charge on any atom is -0.319 e. The van der Waals surface area contributed by atoms with Gasteiger partial charge in [0.05, 0.1) is 5.75 Å².